The summed E-state index contributed by atoms with van der Waals surface area (Å²) in [6.45, 7) is 8.54. The van der Waals surface area contributed by atoms with E-state index in [0.29, 0.717) is 5.95 Å². The van der Waals surface area contributed by atoms with Gasteiger partial charge in [-0.05, 0) is 44.5 Å². The molecule has 29 heavy (non-hydrogen) atoms. The zero-order valence-corrected chi connectivity index (χ0v) is 17.3. The van der Waals surface area contributed by atoms with Crippen LogP contribution < -0.4 is 15.5 Å². The van der Waals surface area contributed by atoms with Gasteiger partial charge in [0, 0.05) is 42.6 Å². The van der Waals surface area contributed by atoms with Crippen LogP contribution in [0.15, 0.2) is 60.7 Å². The average Bonchev–Trinajstić information content (AvgIpc) is 2.66. The number of nitrogens with one attached hydrogen (secondary N) is 2. The summed E-state index contributed by atoms with van der Waals surface area (Å²) in [4.78, 5) is 22.8. The Balaban J connectivity index is 1.86. The smallest absolute Gasteiger partial charge is 0.229 e. The van der Waals surface area contributed by atoms with Crippen molar-refractivity contribution in [2.24, 2.45) is 0 Å². The Labute approximate surface area is 172 Å². The summed E-state index contributed by atoms with van der Waals surface area (Å²) in [7, 11) is 0. The molecule has 0 saturated heterocycles. The van der Waals surface area contributed by atoms with Crippen molar-refractivity contribution >= 4 is 29.0 Å². The van der Waals surface area contributed by atoms with Crippen LogP contribution in [0.2, 0.25) is 0 Å². The normalized spacial score (nSPS) is 10.7. The quantitative estimate of drug-likeness (QED) is 0.601. The molecule has 1 heterocycles. The predicted molar refractivity (Wildman–Crippen MR) is 119 cm³/mol. The Morgan fingerprint density at radius 3 is 2.41 bits per heavy atom. The molecule has 0 saturated carbocycles. The molecule has 3 rings (SSSR count). The maximum absolute atomic E-state index is 11.3. The molecule has 150 valence electrons. The second-order valence-corrected chi connectivity index (χ2v) is 7.29. The van der Waals surface area contributed by atoms with Crippen LogP contribution in [0.4, 0.5) is 23.1 Å². The third kappa shape index (κ3) is 5.78. The Morgan fingerprint density at radius 1 is 1.00 bits per heavy atom. The lowest BCUT2D eigenvalue weighted by atomic mass is 10.2. The summed E-state index contributed by atoms with van der Waals surface area (Å²) < 4.78 is 0. The number of carbonyl (C=O) groups is 1. The molecule has 0 aliphatic heterocycles. The van der Waals surface area contributed by atoms with Crippen molar-refractivity contribution in [2.75, 3.05) is 15.5 Å². The van der Waals surface area contributed by atoms with E-state index in [2.05, 4.69) is 46.5 Å². The summed E-state index contributed by atoms with van der Waals surface area (Å²) in [5.74, 6) is 1.29. The van der Waals surface area contributed by atoms with Gasteiger partial charge in [-0.25, -0.2) is 4.98 Å². The molecular weight excluding hydrogens is 362 g/mol. The van der Waals surface area contributed by atoms with Crippen LogP contribution in [-0.2, 0) is 11.3 Å². The third-order valence-electron chi connectivity index (χ3n) is 4.39. The fourth-order valence-electron chi connectivity index (χ4n) is 3.07. The minimum absolute atomic E-state index is 0.107. The van der Waals surface area contributed by atoms with E-state index in [9.17, 15) is 4.79 Å². The minimum Gasteiger partial charge on any atom is -0.350 e. The zero-order chi connectivity index (χ0) is 20.8. The number of carbonyl (C=O) groups excluding carboxylic acids is 1. The van der Waals surface area contributed by atoms with E-state index in [1.807, 2.05) is 55.5 Å². The first kappa shape index (κ1) is 20.3. The Kier molecular flexibility index (Phi) is 6.44. The van der Waals surface area contributed by atoms with Crippen molar-refractivity contribution in [3.05, 3.63) is 71.9 Å². The van der Waals surface area contributed by atoms with E-state index in [0.717, 1.165) is 29.4 Å². The number of nitrogens with zero attached hydrogens (tertiary/aromatic N) is 3. The molecule has 0 atom stereocenters. The lowest BCUT2D eigenvalue weighted by molar-refractivity contribution is -0.114. The SMILES string of the molecule is CC(=O)Nc1cccc(Nc2nc(C)cc(N(Cc3ccccc3)C(C)C)n2)c1. The number of aryl methyl sites for hydroxylation is 1. The van der Waals surface area contributed by atoms with Gasteiger partial charge in [-0.1, -0.05) is 36.4 Å². The first-order chi connectivity index (χ1) is 13.9. The van der Waals surface area contributed by atoms with E-state index in [1.54, 1.807) is 0 Å². The Morgan fingerprint density at radius 2 is 1.72 bits per heavy atom. The lowest BCUT2D eigenvalue weighted by Gasteiger charge is -2.28. The largest absolute Gasteiger partial charge is 0.350 e. The highest BCUT2D eigenvalue weighted by molar-refractivity contribution is 5.89. The number of hydrogen-bond donors (Lipinski definition) is 2. The average molecular weight is 390 g/mol. The number of anilines is 4. The lowest BCUT2D eigenvalue weighted by Crippen LogP contribution is -2.31. The van der Waals surface area contributed by atoms with Crippen LogP contribution in [-0.4, -0.2) is 21.9 Å². The van der Waals surface area contributed by atoms with Crippen molar-refractivity contribution in [3.8, 4) is 0 Å². The van der Waals surface area contributed by atoms with Gasteiger partial charge >= 0.3 is 0 Å². The molecule has 0 radical (unpaired) electrons. The van der Waals surface area contributed by atoms with Gasteiger partial charge in [-0.15, -0.1) is 0 Å². The van der Waals surface area contributed by atoms with Crippen LogP contribution >= 0.6 is 0 Å². The van der Waals surface area contributed by atoms with Gasteiger partial charge in [-0.2, -0.15) is 4.98 Å². The van der Waals surface area contributed by atoms with Crippen molar-refractivity contribution < 1.29 is 4.79 Å². The van der Waals surface area contributed by atoms with E-state index >= 15 is 0 Å². The highest BCUT2D eigenvalue weighted by Gasteiger charge is 2.15. The van der Waals surface area contributed by atoms with Gasteiger partial charge in [0.25, 0.3) is 0 Å². The standard InChI is InChI=1S/C23H27N5O/c1-16(2)28(15-19-9-6-5-7-10-19)22-13-17(3)24-23(27-22)26-21-12-8-11-20(14-21)25-18(4)29/h5-14,16H,15H2,1-4H3,(H,25,29)(H,24,26,27). The summed E-state index contributed by atoms with van der Waals surface area (Å²) in [6.07, 6.45) is 0. The summed E-state index contributed by atoms with van der Waals surface area (Å²) >= 11 is 0. The highest BCUT2D eigenvalue weighted by Crippen LogP contribution is 2.23. The maximum Gasteiger partial charge on any atom is 0.229 e. The van der Waals surface area contributed by atoms with Gasteiger partial charge in [0.15, 0.2) is 0 Å². The molecule has 0 aliphatic carbocycles. The molecule has 1 amide bonds. The van der Waals surface area contributed by atoms with Crippen LogP contribution in [0, 0.1) is 6.92 Å². The molecule has 0 fully saturated rings. The molecule has 3 aromatic rings. The molecule has 2 N–H and O–H groups in total. The fourth-order valence-corrected chi connectivity index (χ4v) is 3.07. The van der Waals surface area contributed by atoms with E-state index in [4.69, 9.17) is 4.98 Å². The van der Waals surface area contributed by atoms with Crippen molar-refractivity contribution in [1.82, 2.24) is 9.97 Å². The Bertz CT molecular complexity index is 972. The first-order valence-corrected chi connectivity index (χ1v) is 9.71. The van der Waals surface area contributed by atoms with Crippen LogP contribution in [0.3, 0.4) is 0 Å². The second kappa shape index (κ2) is 9.19. The summed E-state index contributed by atoms with van der Waals surface area (Å²) in [6, 6.07) is 20.1. The van der Waals surface area contributed by atoms with Gasteiger partial charge in [0.2, 0.25) is 11.9 Å². The third-order valence-corrected chi connectivity index (χ3v) is 4.39. The van der Waals surface area contributed by atoms with Gasteiger partial charge in [-0.3, -0.25) is 4.79 Å². The maximum atomic E-state index is 11.3. The molecule has 0 bridgehead atoms. The molecule has 6 nitrogen and oxygen atoms in total. The molecule has 2 aromatic carbocycles. The number of rotatable bonds is 7. The van der Waals surface area contributed by atoms with Crippen LogP contribution in [0.1, 0.15) is 32.0 Å². The number of aromatic nitrogens is 2. The van der Waals surface area contributed by atoms with Crippen molar-refractivity contribution in [1.29, 1.82) is 0 Å². The second-order valence-electron chi connectivity index (χ2n) is 7.29. The predicted octanol–water partition coefficient (Wildman–Crippen LogP) is 4.90. The number of hydrogen-bond acceptors (Lipinski definition) is 5. The first-order valence-electron chi connectivity index (χ1n) is 9.71. The van der Waals surface area contributed by atoms with Crippen molar-refractivity contribution in [2.45, 2.75) is 40.3 Å². The van der Waals surface area contributed by atoms with E-state index in [-0.39, 0.29) is 11.9 Å². The van der Waals surface area contributed by atoms with Gasteiger partial charge < -0.3 is 15.5 Å². The zero-order valence-electron chi connectivity index (χ0n) is 17.3. The Hall–Kier alpha value is -3.41. The topological polar surface area (TPSA) is 70.2 Å². The molecule has 0 spiro atoms. The minimum atomic E-state index is -0.107. The molecule has 0 unspecified atom stereocenters. The molecule has 0 aliphatic rings. The molecular formula is C23H27N5O. The van der Waals surface area contributed by atoms with E-state index < -0.39 is 0 Å². The molecule has 6 heteroatoms. The fraction of sp³-hybridized carbons (Fsp3) is 0.261. The monoisotopic (exact) mass is 389 g/mol. The van der Waals surface area contributed by atoms with E-state index in [1.165, 1.54) is 12.5 Å². The number of benzene rings is 2. The highest BCUT2D eigenvalue weighted by atomic mass is 16.1. The van der Waals surface area contributed by atoms with Gasteiger partial charge in [0.1, 0.15) is 5.82 Å². The van der Waals surface area contributed by atoms with Crippen LogP contribution in [0.25, 0.3) is 0 Å². The van der Waals surface area contributed by atoms with Crippen LogP contribution in [0.5, 0.6) is 0 Å². The summed E-state index contributed by atoms with van der Waals surface area (Å²) in [5.41, 5.74) is 3.65. The number of amides is 1. The van der Waals surface area contributed by atoms with Gasteiger partial charge in [0.05, 0.1) is 0 Å². The van der Waals surface area contributed by atoms with Crippen molar-refractivity contribution in [3.63, 3.8) is 0 Å². The summed E-state index contributed by atoms with van der Waals surface area (Å²) in [5, 5.41) is 6.04. The molecule has 1 aromatic heterocycles.